The lowest BCUT2D eigenvalue weighted by molar-refractivity contribution is -0.302. The molecule has 374 valence electrons. The fourth-order valence-corrected chi connectivity index (χ4v) is 6.57. The fraction of sp³-hybridized carbons (Fsp3) is 0.534. The molecule has 9 nitrogen and oxygen atoms in total. The molecule has 1 heterocycles. The van der Waals surface area contributed by atoms with Crippen molar-refractivity contribution in [3.63, 3.8) is 0 Å². The lowest BCUT2D eigenvalue weighted by Crippen LogP contribution is -2.60. The molecule has 0 spiro atoms. The largest absolute Gasteiger partial charge is 0.394 e. The van der Waals surface area contributed by atoms with E-state index in [0.717, 1.165) is 109 Å². The van der Waals surface area contributed by atoms with Crippen LogP contribution in [0.5, 0.6) is 0 Å². The first-order chi connectivity index (χ1) is 32.8. The molecule has 6 N–H and O–H groups in total. The molecule has 0 aromatic rings. The molecule has 0 aliphatic carbocycles. The van der Waals surface area contributed by atoms with E-state index in [4.69, 9.17) is 9.47 Å². The Morgan fingerprint density at radius 1 is 0.522 bits per heavy atom. The molecule has 1 fully saturated rings. The predicted molar refractivity (Wildman–Crippen MR) is 280 cm³/mol. The van der Waals surface area contributed by atoms with Gasteiger partial charge in [0.05, 0.1) is 25.4 Å². The van der Waals surface area contributed by atoms with Gasteiger partial charge in [-0.1, -0.05) is 178 Å². The number of rotatable bonds is 39. The van der Waals surface area contributed by atoms with Gasteiger partial charge in [0, 0.05) is 6.42 Å². The van der Waals surface area contributed by atoms with Crippen LogP contribution in [0.15, 0.2) is 158 Å². The zero-order valence-corrected chi connectivity index (χ0v) is 41.1. The van der Waals surface area contributed by atoms with Gasteiger partial charge in [0.2, 0.25) is 5.91 Å². The van der Waals surface area contributed by atoms with Crippen molar-refractivity contribution >= 4 is 5.91 Å². The van der Waals surface area contributed by atoms with Gasteiger partial charge >= 0.3 is 0 Å². The molecule has 0 saturated carbocycles. The minimum Gasteiger partial charge on any atom is -0.394 e. The van der Waals surface area contributed by atoms with Gasteiger partial charge in [-0.05, 0) is 116 Å². The van der Waals surface area contributed by atoms with Crippen molar-refractivity contribution in [2.45, 2.75) is 185 Å². The third kappa shape index (κ3) is 35.6. The van der Waals surface area contributed by atoms with Gasteiger partial charge in [-0.25, -0.2) is 0 Å². The molecular weight excluding hydrogens is 839 g/mol. The maximum Gasteiger partial charge on any atom is 0.220 e. The minimum absolute atomic E-state index is 0.236. The maximum atomic E-state index is 12.9. The van der Waals surface area contributed by atoms with Crippen LogP contribution in [0.2, 0.25) is 0 Å². The van der Waals surface area contributed by atoms with E-state index in [1.54, 1.807) is 6.08 Å². The average Bonchev–Trinajstić information content (AvgIpc) is 3.33. The van der Waals surface area contributed by atoms with Gasteiger partial charge in [0.1, 0.15) is 24.4 Å². The molecule has 1 rings (SSSR count). The highest BCUT2D eigenvalue weighted by Gasteiger charge is 2.44. The fourth-order valence-electron chi connectivity index (χ4n) is 6.57. The number of unbranched alkanes of at least 4 members (excludes halogenated alkanes) is 5. The van der Waals surface area contributed by atoms with Gasteiger partial charge in [-0.3, -0.25) is 4.79 Å². The molecule has 0 radical (unpaired) electrons. The Labute approximate surface area is 405 Å². The highest BCUT2D eigenvalue weighted by molar-refractivity contribution is 5.76. The Morgan fingerprint density at radius 2 is 0.925 bits per heavy atom. The van der Waals surface area contributed by atoms with Gasteiger partial charge in [-0.15, -0.1) is 0 Å². The summed E-state index contributed by atoms with van der Waals surface area (Å²) < 4.78 is 11.2. The summed E-state index contributed by atoms with van der Waals surface area (Å²) in [5.41, 5.74) is 0. The summed E-state index contributed by atoms with van der Waals surface area (Å²) in [6.07, 6.45) is 65.9. The average molecular weight is 928 g/mol. The van der Waals surface area contributed by atoms with Gasteiger partial charge < -0.3 is 40.3 Å². The number of aliphatic hydroxyl groups excluding tert-OH is 5. The second-order valence-corrected chi connectivity index (χ2v) is 16.5. The van der Waals surface area contributed by atoms with Crippen LogP contribution in [-0.2, 0) is 14.3 Å². The molecule has 9 heteroatoms. The number of carbonyl (C=O) groups is 1. The third-order valence-corrected chi connectivity index (χ3v) is 10.5. The third-order valence-electron chi connectivity index (χ3n) is 10.5. The minimum atomic E-state index is -1.59. The normalized spacial score (nSPS) is 21.1. The van der Waals surface area contributed by atoms with Crippen molar-refractivity contribution < 1.29 is 39.8 Å². The summed E-state index contributed by atoms with van der Waals surface area (Å²) in [7, 11) is 0. The van der Waals surface area contributed by atoms with E-state index >= 15 is 0 Å². The Balaban J connectivity index is 2.30. The van der Waals surface area contributed by atoms with Crippen molar-refractivity contribution in [2.24, 2.45) is 0 Å². The highest BCUT2D eigenvalue weighted by atomic mass is 16.7. The van der Waals surface area contributed by atoms with E-state index in [-0.39, 0.29) is 18.9 Å². The van der Waals surface area contributed by atoms with Crippen LogP contribution in [-0.4, -0.2) is 87.5 Å². The van der Waals surface area contributed by atoms with Crippen LogP contribution in [0.3, 0.4) is 0 Å². The highest BCUT2D eigenvalue weighted by Crippen LogP contribution is 2.22. The summed E-state index contributed by atoms with van der Waals surface area (Å²) >= 11 is 0. The Morgan fingerprint density at radius 3 is 1.36 bits per heavy atom. The Bertz CT molecular complexity index is 1590. The number of hydrogen-bond donors (Lipinski definition) is 6. The topological polar surface area (TPSA) is 149 Å². The number of aliphatic hydroxyl groups is 5. The van der Waals surface area contributed by atoms with Crippen LogP contribution in [0.25, 0.3) is 0 Å². The SMILES string of the molecule is CC/C=C\C/C=C\C/C=C\C/C=C\C/C=C\C/C=C\C/C=C\C/C=C\C/C=C\C/C=C\CCCCC(=O)NC(COC1OC(CO)C(O)C(O)C1O)C(O)/C=C/CC/C=C/CC/C=C/CCC. The number of carbonyl (C=O) groups excluding carboxylic acids is 1. The van der Waals surface area contributed by atoms with E-state index in [9.17, 15) is 30.3 Å². The van der Waals surface area contributed by atoms with Crippen LogP contribution >= 0.6 is 0 Å². The lowest BCUT2D eigenvalue weighted by Gasteiger charge is -2.40. The molecule has 0 aromatic carbocycles. The van der Waals surface area contributed by atoms with Gasteiger partial charge in [0.15, 0.2) is 6.29 Å². The number of nitrogens with one attached hydrogen (secondary N) is 1. The maximum absolute atomic E-state index is 12.9. The molecule has 1 aliphatic heterocycles. The molecule has 1 aliphatic rings. The Kier molecular flexibility index (Phi) is 41.4. The lowest BCUT2D eigenvalue weighted by atomic mass is 9.99. The smallest absolute Gasteiger partial charge is 0.220 e. The van der Waals surface area contributed by atoms with Crippen LogP contribution < -0.4 is 5.32 Å². The Hall–Kier alpha value is -4.19. The van der Waals surface area contributed by atoms with E-state index < -0.39 is 49.5 Å². The summed E-state index contributed by atoms with van der Waals surface area (Å²) in [6, 6.07) is -0.862. The summed E-state index contributed by atoms with van der Waals surface area (Å²) in [5.74, 6) is -0.244. The quantitative estimate of drug-likeness (QED) is 0.0264. The van der Waals surface area contributed by atoms with Crippen LogP contribution in [0.1, 0.15) is 142 Å². The molecule has 7 unspecified atom stereocenters. The monoisotopic (exact) mass is 928 g/mol. The molecule has 0 bridgehead atoms. The van der Waals surface area contributed by atoms with E-state index in [0.29, 0.717) is 12.8 Å². The van der Waals surface area contributed by atoms with E-state index in [2.05, 4.69) is 165 Å². The van der Waals surface area contributed by atoms with Crippen molar-refractivity contribution in [1.82, 2.24) is 5.32 Å². The number of hydrogen-bond acceptors (Lipinski definition) is 8. The molecule has 0 aromatic heterocycles. The molecule has 7 atom stereocenters. The van der Waals surface area contributed by atoms with E-state index in [1.165, 1.54) is 0 Å². The van der Waals surface area contributed by atoms with Crippen molar-refractivity contribution in [1.29, 1.82) is 0 Å². The predicted octanol–water partition coefficient (Wildman–Crippen LogP) is 11.7. The first-order valence-corrected chi connectivity index (χ1v) is 25.2. The second kappa shape index (κ2) is 45.6. The summed E-state index contributed by atoms with van der Waals surface area (Å²) in [5, 5.41) is 54.1. The first-order valence-electron chi connectivity index (χ1n) is 25.2. The first kappa shape index (κ1) is 60.8. The molecule has 1 saturated heterocycles. The van der Waals surface area contributed by atoms with Crippen molar-refractivity contribution in [3.05, 3.63) is 158 Å². The summed E-state index contributed by atoms with van der Waals surface area (Å²) in [6.45, 7) is 3.49. The molecule has 1 amide bonds. The zero-order valence-electron chi connectivity index (χ0n) is 41.1. The molecular formula is C58H89NO8. The molecule has 67 heavy (non-hydrogen) atoms. The second-order valence-electron chi connectivity index (χ2n) is 16.5. The summed E-state index contributed by atoms with van der Waals surface area (Å²) in [4.78, 5) is 12.9. The zero-order chi connectivity index (χ0) is 48.7. The number of allylic oxidation sites excluding steroid dienone is 25. The number of amides is 1. The van der Waals surface area contributed by atoms with Crippen molar-refractivity contribution in [3.8, 4) is 0 Å². The van der Waals surface area contributed by atoms with E-state index in [1.807, 2.05) is 6.08 Å². The van der Waals surface area contributed by atoms with Gasteiger partial charge in [0.25, 0.3) is 0 Å². The standard InChI is InChI=1S/C58H89NO8/c1-3-5-7-9-11-13-15-16-17-18-19-20-21-22-23-24-25-26-27-28-29-30-31-32-33-34-35-36-38-40-42-44-46-48-54(62)59-51(50-66-58-57(65)56(64)55(63)53(49-60)67-58)52(61)47-45-43-41-39-37-14-12-10-8-6-4-2/h5,7-8,10-11,13,16-17,19-20,22-23,25-26,28-29,31-32,34-35,37-40,45,47,51-53,55-58,60-61,63-65H,3-4,6,9,12,14-15,18,21,24,27,30,33,36,41-44,46,48-50H2,1-2H3,(H,59,62)/b7-5-,10-8+,13-11-,17-16-,20-19-,23-22-,26-25-,29-28-,32-31-,35-34-,39-37+,40-38-,47-45+. The van der Waals surface area contributed by atoms with Crippen LogP contribution in [0, 0.1) is 0 Å². The van der Waals surface area contributed by atoms with Gasteiger partial charge in [-0.2, -0.15) is 0 Å². The van der Waals surface area contributed by atoms with Crippen molar-refractivity contribution in [2.75, 3.05) is 13.2 Å². The van der Waals surface area contributed by atoms with Crippen LogP contribution in [0.4, 0.5) is 0 Å². The number of ether oxygens (including phenoxy) is 2.